The molecule has 0 unspecified atom stereocenters. The lowest BCUT2D eigenvalue weighted by Gasteiger charge is -2.37. The molecule has 1 aromatic carbocycles. The molecule has 51 heavy (non-hydrogen) atoms. The Bertz CT molecular complexity index is 1800. The number of hydrogen-bond donors (Lipinski definition) is 4. The van der Waals surface area contributed by atoms with E-state index in [1.165, 1.54) is 12.5 Å². The molecular formula is C38H52N6O7. The maximum Gasteiger partial charge on any atom is 0.410 e. The molecule has 4 heterocycles. The van der Waals surface area contributed by atoms with Gasteiger partial charge in [0.15, 0.2) is 5.69 Å². The fraction of sp³-hybridized carbons (Fsp3) is 0.553. The summed E-state index contributed by atoms with van der Waals surface area (Å²) in [6, 6.07) is 5.90. The highest BCUT2D eigenvalue weighted by molar-refractivity contribution is 5.93. The molecule has 2 aromatic heterocycles. The number of anilines is 2. The Balaban J connectivity index is 1.38. The number of ether oxygens (including phenoxy) is 2. The lowest BCUT2D eigenvalue weighted by atomic mass is 9.84. The fourth-order valence-electron chi connectivity index (χ4n) is 6.90. The first kappa shape index (κ1) is 37.4. The monoisotopic (exact) mass is 704 g/mol. The first-order valence-electron chi connectivity index (χ1n) is 17.5. The highest BCUT2D eigenvalue weighted by Crippen LogP contribution is 2.41. The highest BCUT2D eigenvalue weighted by Gasteiger charge is 2.35. The van der Waals surface area contributed by atoms with Crippen molar-refractivity contribution in [3.63, 3.8) is 0 Å². The van der Waals surface area contributed by atoms with Crippen molar-refractivity contribution in [2.45, 2.75) is 123 Å². The molecule has 0 spiro atoms. The molecule has 2 aliphatic heterocycles. The van der Waals surface area contributed by atoms with Crippen LogP contribution in [0.5, 0.6) is 5.75 Å². The molecule has 4 N–H and O–H groups in total. The number of fused-ring (bicyclic) bond motifs is 1. The van der Waals surface area contributed by atoms with E-state index in [2.05, 4.69) is 56.8 Å². The summed E-state index contributed by atoms with van der Waals surface area (Å²) in [5, 5.41) is 17.9. The van der Waals surface area contributed by atoms with Gasteiger partial charge in [-0.3, -0.25) is 10.1 Å². The van der Waals surface area contributed by atoms with Crippen molar-refractivity contribution in [3.05, 3.63) is 53.0 Å². The smallest absolute Gasteiger partial charge is 0.410 e. The van der Waals surface area contributed by atoms with Gasteiger partial charge in [0, 0.05) is 60.2 Å². The average molecular weight is 705 g/mol. The summed E-state index contributed by atoms with van der Waals surface area (Å²) in [6.45, 7) is 20.8. The minimum atomic E-state index is -1.24. The molecule has 5 rings (SSSR count). The minimum Gasteiger partial charge on any atom is -0.487 e. The predicted molar refractivity (Wildman–Crippen MR) is 195 cm³/mol. The van der Waals surface area contributed by atoms with Gasteiger partial charge in [-0.15, -0.1) is 0 Å². The minimum absolute atomic E-state index is 0.0867. The molecule has 1 atom stereocenters. The Labute approximate surface area is 299 Å². The van der Waals surface area contributed by atoms with Crippen LogP contribution in [0.15, 0.2) is 35.1 Å². The zero-order valence-electron chi connectivity index (χ0n) is 31.4. The summed E-state index contributed by atoms with van der Waals surface area (Å²) in [4.78, 5) is 48.8. The Morgan fingerprint density at radius 3 is 2.49 bits per heavy atom. The molecule has 276 valence electrons. The number of nitrogens with one attached hydrogen (secondary N) is 3. The van der Waals surface area contributed by atoms with Gasteiger partial charge < -0.3 is 34.5 Å². The van der Waals surface area contributed by atoms with Crippen LogP contribution in [0, 0.1) is 0 Å². The van der Waals surface area contributed by atoms with E-state index >= 15 is 0 Å². The van der Waals surface area contributed by atoms with E-state index < -0.39 is 34.6 Å². The van der Waals surface area contributed by atoms with Crippen molar-refractivity contribution in [3.8, 4) is 17.2 Å². The van der Waals surface area contributed by atoms with Crippen molar-refractivity contribution in [1.29, 1.82) is 0 Å². The van der Waals surface area contributed by atoms with E-state index in [1.807, 2.05) is 55.4 Å². The number of amides is 3. The van der Waals surface area contributed by atoms with Gasteiger partial charge in [0.05, 0.1) is 0 Å². The molecule has 0 bridgehead atoms. The summed E-state index contributed by atoms with van der Waals surface area (Å²) < 4.78 is 17.7. The van der Waals surface area contributed by atoms with Crippen molar-refractivity contribution in [2.24, 2.45) is 0 Å². The van der Waals surface area contributed by atoms with Crippen LogP contribution in [0.4, 0.5) is 21.1 Å². The Morgan fingerprint density at radius 2 is 1.82 bits per heavy atom. The molecule has 13 heteroatoms. The van der Waals surface area contributed by atoms with Crippen molar-refractivity contribution in [2.75, 3.05) is 23.3 Å². The number of oxazole rings is 1. The molecule has 13 nitrogen and oxygen atoms in total. The molecule has 3 aromatic rings. The second kappa shape index (κ2) is 13.7. The SMILES string of the molecule is CC(C)(Cc1cc2c(cc1N1CCC[C@@H](NC(=O)OC(C)(C)C)C1)OC(C)(C)C2)NC(=O)c1coc(-c2ccnc(NC(=O)O)c2C(C)(C)C)n1. The third-order valence-corrected chi connectivity index (χ3v) is 8.72. The lowest BCUT2D eigenvalue weighted by Crippen LogP contribution is -2.49. The maximum absolute atomic E-state index is 13.7. The van der Waals surface area contributed by atoms with E-state index in [0.29, 0.717) is 24.1 Å². The number of benzene rings is 1. The number of hydrogen-bond acceptors (Lipinski definition) is 9. The van der Waals surface area contributed by atoms with Gasteiger partial charge in [-0.05, 0) is 96.4 Å². The van der Waals surface area contributed by atoms with Crippen LogP contribution in [-0.2, 0) is 23.0 Å². The Hall–Kier alpha value is -4.81. The van der Waals surface area contributed by atoms with E-state index in [-0.39, 0.29) is 29.0 Å². The summed E-state index contributed by atoms with van der Waals surface area (Å²) >= 11 is 0. The largest absolute Gasteiger partial charge is 0.487 e. The van der Waals surface area contributed by atoms with E-state index in [0.717, 1.165) is 48.4 Å². The number of aromatic nitrogens is 2. The second-order valence-corrected chi connectivity index (χ2v) is 16.9. The van der Waals surface area contributed by atoms with Crippen molar-refractivity contribution >= 4 is 29.6 Å². The number of carboxylic acid groups (broad SMARTS) is 1. The first-order chi connectivity index (χ1) is 23.6. The van der Waals surface area contributed by atoms with Gasteiger partial charge in [-0.25, -0.2) is 19.6 Å². The number of alkyl carbamates (subject to hydrolysis) is 1. The number of pyridine rings is 1. The van der Waals surface area contributed by atoms with Crippen molar-refractivity contribution < 1.29 is 33.4 Å². The molecule has 2 aliphatic rings. The van der Waals surface area contributed by atoms with Crippen LogP contribution < -0.4 is 25.6 Å². The number of rotatable bonds is 8. The third-order valence-electron chi connectivity index (χ3n) is 8.72. The normalized spacial score (nSPS) is 17.3. The molecule has 0 aliphatic carbocycles. The van der Waals surface area contributed by atoms with Gasteiger partial charge in [-0.1, -0.05) is 20.8 Å². The number of piperidine rings is 1. The van der Waals surface area contributed by atoms with Crippen LogP contribution in [-0.4, -0.2) is 69.0 Å². The molecule has 0 saturated carbocycles. The van der Waals surface area contributed by atoms with Gasteiger partial charge in [-0.2, -0.15) is 0 Å². The molecule has 3 amide bonds. The summed E-state index contributed by atoms with van der Waals surface area (Å²) in [5.41, 5.74) is 2.27. The lowest BCUT2D eigenvalue weighted by molar-refractivity contribution is 0.0499. The van der Waals surface area contributed by atoms with E-state index in [1.54, 1.807) is 6.07 Å². The second-order valence-electron chi connectivity index (χ2n) is 16.9. The molecule has 1 saturated heterocycles. The Morgan fingerprint density at radius 1 is 1.10 bits per heavy atom. The van der Waals surface area contributed by atoms with Gasteiger partial charge >= 0.3 is 12.2 Å². The van der Waals surface area contributed by atoms with Crippen LogP contribution in [0.2, 0.25) is 0 Å². The predicted octanol–water partition coefficient (Wildman–Crippen LogP) is 7.08. The topological polar surface area (TPSA) is 168 Å². The average Bonchev–Trinajstić information content (AvgIpc) is 3.58. The van der Waals surface area contributed by atoms with Crippen LogP contribution in [0.3, 0.4) is 0 Å². The van der Waals surface area contributed by atoms with Crippen LogP contribution in [0.1, 0.15) is 109 Å². The molecule has 0 radical (unpaired) electrons. The standard InChI is InChI=1S/C38H52N6O7/c1-35(2,3)29-25(13-14-39-30(29)42-33(46)47)32-41-26(21-49-32)31(45)43-37(7,8)18-22-16-23-19-38(9,10)50-28(23)17-27(22)44-15-11-12-24(20-44)40-34(48)51-36(4,5)6/h13-14,16-17,21,24H,11-12,15,18-20H2,1-10H3,(H,39,42)(H,40,48)(H,43,45)(H,46,47)/t24-/m1/s1. The van der Waals surface area contributed by atoms with Crippen LogP contribution in [0.25, 0.3) is 11.5 Å². The van der Waals surface area contributed by atoms with Gasteiger partial charge in [0.25, 0.3) is 5.91 Å². The van der Waals surface area contributed by atoms with E-state index in [9.17, 15) is 19.5 Å². The zero-order valence-corrected chi connectivity index (χ0v) is 31.4. The zero-order chi connectivity index (χ0) is 37.5. The number of carbonyl (C=O) groups is 3. The summed E-state index contributed by atoms with van der Waals surface area (Å²) in [5.74, 6) is 0.807. The highest BCUT2D eigenvalue weighted by atomic mass is 16.6. The summed E-state index contributed by atoms with van der Waals surface area (Å²) in [7, 11) is 0. The van der Waals surface area contributed by atoms with Gasteiger partial charge in [0.1, 0.15) is 29.0 Å². The Kier molecular flexibility index (Phi) is 10.1. The molecule has 1 fully saturated rings. The molecular weight excluding hydrogens is 652 g/mol. The summed E-state index contributed by atoms with van der Waals surface area (Å²) in [6.07, 6.45) is 4.13. The third kappa shape index (κ3) is 9.30. The van der Waals surface area contributed by atoms with Crippen molar-refractivity contribution in [1.82, 2.24) is 20.6 Å². The number of nitrogens with zero attached hydrogens (tertiary/aromatic N) is 3. The quantitative estimate of drug-likeness (QED) is 0.190. The van der Waals surface area contributed by atoms with Gasteiger partial charge in [0.2, 0.25) is 5.89 Å². The maximum atomic E-state index is 13.7. The van der Waals surface area contributed by atoms with Crippen LogP contribution >= 0.6 is 0 Å². The first-order valence-corrected chi connectivity index (χ1v) is 17.5. The number of carbonyl (C=O) groups excluding carboxylic acids is 2. The van der Waals surface area contributed by atoms with E-state index in [4.69, 9.17) is 13.9 Å². The fourth-order valence-corrected chi connectivity index (χ4v) is 6.90.